The number of amides is 2. The van der Waals surface area contributed by atoms with E-state index >= 15 is 0 Å². The van der Waals surface area contributed by atoms with E-state index in [-0.39, 0.29) is 17.7 Å². The van der Waals surface area contributed by atoms with Crippen LogP contribution in [0.1, 0.15) is 11.4 Å². The maximum Gasteiger partial charge on any atom is 0.323 e. The Kier molecular flexibility index (Phi) is 6.45. The summed E-state index contributed by atoms with van der Waals surface area (Å²) in [7, 11) is 0. The quantitative estimate of drug-likeness (QED) is 0.215. The van der Waals surface area contributed by atoms with Crippen LogP contribution >= 0.6 is 0 Å². The summed E-state index contributed by atoms with van der Waals surface area (Å²) in [5.41, 5.74) is 5.81. The first kappa shape index (κ1) is 24.9. The Balaban J connectivity index is 1.16. The summed E-state index contributed by atoms with van der Waals surface area (Å²) in [5, 5.41) is 10.8. The molecule has 3 N–H and O–H groups in total. The number of carbonyl (C=O) groups is 1. The lowest BCUT2D eigenvalue weighted by Gasteiger charge is -2.11. The van der Waals surface area contributed by atoms with Gasteiger partial charge < -0.3 is 16.0 Å². The van der Waals surface area contributed by atoms with E-state index in [9.17, 15) is 9.18 Å². The molecule has 0 atom stereocenters. The van der Waals surface area contributed by atoms with Crippen molar-refractivity contribution in [2.75, 3.05) is 16.0 Å². The Morgan fingerprint density at radius 2 is 1.48 bits per heavy atom. The average Bonchev–Trinajstić information content (AvgIpc) is 2.96. The molecule has 2 heterocycles. The minimum atomic E-state index is -0.543. The second-order valence-corrected chi connectivity index (χ2v) is 9.30. The van der Waals surface area contributed by atoms with Gasteiger partial charge in [-0.05, 0) is 61.7 Å². The zero-order chi connectivity index (χ0) is 27.6. The number of halogens is 1. The number of rotatable bonds is 5. The van der Waals surface area contributed by atoms with Crippen LogP contribution < -0.4 is 16.0 Å². The summed E-state index contributed by atoms with van der Waals surface area (Å²) >= 11 is 0. The van der Waals surface area contributed by atoms with Gasteiger partial charge in [0.2, 0.25) is 5.95 Å². The van der Waals surface area contributed by atoms with Crippen LogP contribution in [0.2, 0.25) is 0 Å². The number of hydrogen-bond acceptors (Lipinski definition) is 6. The second kappa shape index (κ2) is 10.4. The molecule has 0 unspecified atom stereocenters. The smallest absolute Gasteiger partial charge is 0.323 e. The van der Waals surface area contributed by atoms with Crippen LogP contribution in [0.4, 0.5) is 32.2 Å². The molecule has 0 saturated heterocycles. The van der Waals surface area contributed by atoms with Crippen molar-refractivity contribution in [1.82, 2.24) is 19.9 Å². The molecule has 2 aromatic heterocycles. The fourth-order valence-corrected chi connectivity index (χ4v) is 4.39. The van der Waals surface area contributed by atoms with Crippen LogP contribution in [-0.4, -0.2) is 26.0 Å². The zero-order valence-corrected chi connectivity index (χ0v) is 21.7. The van der Waals surface area contributed by atoms with Crippen molar-refractivity contribution >= 4 is 50.8 Å². The molecule has 0 spiro atoms. The van der Waals surface area contributed by atoms with Crippen molar-refractivity contribution in [3.05, 3.63) is 108 Å². The Morgan fingerprint density at radius 3 is 2.30 bits per heavy atom. The lowest BCUT2D eigenvalue weighted by atomic mass is 10.1. The maximum atomic E-state index is 14.7. The predicted octanol–water partition coefficient (Wildman–Crippen LogP) is 7.38. The van der Waals surface area contributed by atoms with E-state index in [0.29, 0.717) is 22.5 Å². The molecule has 196 valence electrons. The summed E-state index contributed by atoms with van der Waals surface area (Å²) < 4.78 is 14.7. The monoisotopic (exact) mass is 529 g/mol. The van der Waals surface area contributed by atoms with Gasteiger partial charge in [0.1, 0.15) is 5.69 Å². The van der Waals surface area contributed by atoms with Crippen molar-refractivity contribution in [2.24, 2.45) is 0 Å². The third-order valence-corrected chi connectivity index (χ3v) is 6.53. The van der Waals surface area contributed by atoms with E-state index in [1.807, 2.05) is 56.3 Å². The molecule has 0 saturated carbocycles. The number of carbonyl (C=O) groups excluding carboxylic acids is 1. The molecule has 6 rings (SSSR count). The van der Waals surface area contributed by atoms with E-state index in [2.05, 4.69) is 35.9 Å². The van der Waals surface area contributed by atoms with Crippen molar-refractivity contribution in [2.45, 2.75) is 13.8 Å². The summed E-state index contributed by atoms with van der Waals surface area (Å²) in [6.45, 7) is 3.79. The van der Waals surface area contributed by atoms with E-state index in [4.69, 9.17) is 0 Å². The van der Waals surface area contributed by atoms with Crippen LogP contribution in [0.25, 0.3) is 33.1 Å². The molecule has 0 aliphatic heterocycles. The van der Waals surface area contributed by atoms with E-state index in [1.54, 1.807) is 42.5 Å². The van der Waals surface area contributed by atoms with E-state index in [1.165, 1.54) is 0 Å². The number of urea groups is 1. The number of hydrogen-bond donors (Lipinski definition) is 3. The maximum absolute atomic E-state index is 14.7. The van der Waals surface area contributed by atoms with Gasteiger partial charge in [0.05, 0.1) is 34.3 Å². The van der Waals surface area contributed by atoms with Crippen LogP contribution in [0.5, 0.6) is 0 Å². The highest BCUT2D eigenvalue weighted by molar-refractivity contribution is 6.06. The number of benzene rings is 4. The van der Waals surface area contributed by atoms with Crippen LogP contribution in [0.3, 0.4) is 0 Å². The van der Waals surface area contributed by atoms with Crippen LogP contribution in [0, 0.1) is 19.7 Å². The van der Waals surface area contributed by atoms with Crippen molar-refractivity contribution in [3.63, 3.8) is 0 Å². The summed E-state index contributed by atoms with van der Waals surface area (Å²) in [6, 6.07) is 25.7. The van der Waals surface area contributed by atoms with E-state index < -0.39 is 5.82 Å². The van der Waals surface area contributed by atoms with Crippen molar-refractivity contribution in [1.29, 1.82) is 0 Å². The van der Waals surface area contributed by atoms with Crippen molar-refractivity contribution < 1.29 is 9.18 Å². The van der Waals surface area contributed by atoms with Gasteiger partial charge in [-0.25, -0.2) is 29.1 Å². The molecule has 0 aliphatic rings. The Bertz CT molecular complexity index is 1880. The first-order valence-electron chi connectivity index (χ1n) is 12.6. The van der Waals surface area contributed by atoms with Crippen molar-refractivity contribution in [3.8, 4) is 11.3 Å². The highest BCUT2D eigenvalue weighted by atomic mass is 19.1. The van der Waals surface area contributed by atoms with Gasteiger partial charge in [-0.1, -0.05) is 42.5 Å². The Hall–Kier alpha value is -5.44. The second-order valence-electron chi connectivity index (χ2n) is 9.30. The standard InChI is InChI=1S/C31H24FN7O/c1-18-19(2)35-28-16-21(10-15-27(28)34-18)29-25(32)17-33-30(39-29)36-22-11-13-23(14-12-22)37-31(40)38-26-9-5-7-20-6-3-4-8-24(20)26/h3-17H,1-2H3,(H,33,36,39)(H2,37,38,40). The average molecular weight is 530 g/mol. The van der Waals surface area contributed by atoms with Crippen LogP contribution in [0.15, 0.2) is 91.1 Å². The van der Waals surface area contributed by atoms with Crippen LogP contribution in [-0.2, 0) is 0 Å². The molecule has 0 fully saturated rings. The molecule has 9 heteroatoms. The van der Waals surface area contributed by atoms with E-state index in [0.717, 1.165) is 39.6 Å². The largest absolute Gasteiger partial charge is 0.324 e. The Morgan fingerprint density at radius 1 is 0.750 bits per heavy atom. The molecule has 40 heavy (non-hydrogen) atoms. The summed E-state index contributed by atoms with van der Waals surface area (Å²) in [4.78, 5) is 30.2. The first-order valence-corrected chi connectivity index (χ1v) is 12.6. The topological polar surface area (TPSA) is 105 Å². The molecule has 0 bridgehead atoms. The van der Waals surface area contributed by atoms with Gasteiger partial charge in [0, 0.05) is 22.3 Å². The number of nitrogens with zero attached hydrogens (tertiary/aromatic N) is 4. The highest BCUT2D eigenvalue weighted by Crippen LogP contribution is 2.27. The molecule has 4 aromatic carbocycles. The normalized spacial score (nSPS) is 11.0. The summed E-state index contributed by atoms with van der Waals surface area (Å²) in [6.07, 6.45) is 1.13. The lowest BCUT2D eigenvalue weighted by Crippen LogP contribution is -2.19. The number of fused-ring (bicyclic) bond motifs is 2. The highest BCUT2D eigenvalue weighted by Gasteiger charge is 2.12. The molecule has 0 aliphatic carbocycles. The third-order valence-electron chi connectivity index (χ3n) is 6.53. The van der Waals surface area contributed by atoms with Gasteiger partial charge in [0.15, 0.2) is 5.82 Å². The Labute approximate surface area is 229 Å². The zero-order valence-electron chi connectivity index (χ0n) is 21.7. The molecular weight excluding hydrogens is 505 g/mol. The molecule has 6 aromatic rings. The number of anilines is 4. The predicted molar refractivity (Wildman–Crippen MR) is 156 cm³/mol. The molecule has 8 nitrogen and oxygen atoms in total. The van der Waals surface area contributed by atoms with Gasteiger partial charge in [0.25, 0.3) is 0 Å². The molecule has 0 radical (unpaired) electrons. The summed E-state index contributed by atoms with van der Waals surface area (Å²) in [5.74, 6) is -0.310. The lowest BCUT2D eigenvalue weighted by molar-refractivity contribution is 0.262. The minimum absolute atomic E-state index is 0.155. The SMILES string of the molecule is Cc1nc2ccc(-c3nc(Nc4ccc(NC(=O)Nc5cccc6ccccc56)cc4)ncc3F)cc2nc1C. The number of nitrogens with one attached hydrogen (secondary N) is 3. The first-order chi connectivity index (χ1) is 19.4. The fourth-order valence-electron chi connectivity index (χ4n) is 4.39. The fraction of sp³-hybridized carbons (Fsp3) is 0.0645. The number of aryl methyl sites for hydroxylation is 2. The molecule has 2 amide bonds. The van der Waals surface area contributed by atoms with Gasteiger partial charge in [-0.2, -0.15) is 0 Å². The third kappa shape index (κ3) is 5.12. The van der Waals surface area contributed by atoms with Gasteiger partial charge in [-0.15, -0.1) is 0 Å². The van der Waals surface area contributed by atoms with Gasteiger partial charge >= 0.3 is 6.03 Å². The number of aromatic nitrogens is 4. The van der Waals surface area contributed by atoms with Gasteiger partial charge in [-0.3, -0.25) is 0 Å². The molecular formula is C31H24FN7O. The minimum Gasteiger partial charge on any atom is -0.324 e.